The molecule has 98 valence electrons. The van der Waals surface area contributed by atoms with Gasteiger partial charge in [0.1, 0.15) is 5.71 Å². The summed E-state index contributed by atoms with van der Waals surface area (Å²) in [4.78, 5) is 16.3. The van der Waals surface area contributed by atoms with E-state index in [1.165, 1.54) is 6.21 Å². The average molecular weight is 284 g/mol. The Morgan fingerprint density at radius 2 is 2.00 bits per heavy atom. The number of benzene rings is 2. The predicted molar refractivity (Wildman–Crippen MR) is 81.4 cm³/mol. The summed E-state index contributed by atoms with van der Waals surface area (Å²) < 4.78 is 0. The molecule has 20 heavy (non-hydrogen) atoms. The van der Waals surface area contributed by atoms with Crippen LogP contribution in [0.25, 0.3) is 0 Å². The second kappa shape index (κ2) is 5.27. The van der Waals surface area contributed by atoms with E-state index in [0.29, 0.717) is 22.0 Å². The number of carbonyl (C=O) groups is 1. The molecule has 2 aromatic carbocycles. The standard InChI is InChI=1S/C15H10ClN3O/c16-10-4-3-5-11(8-10)19-17-9-14-15(20)12-6-1-2-7-13(12)18-14/h1-9,19H/b17-9+. The fraction of sp³-hybridized carbons (Fsp3) is 0. The van der Waals surface area contributed by atoms with Gasteiger partial charge < -0.3 is 0 Å². The first kappa shape index (κ1) is 12.6. The Bertz CT molecular complexity index is 737. The van der Waals surface area contributed by atoms with Crippen LogP contribution < -0.4 is 5.43 Å². The number of hydrazone groups is 1. The largest absolute Gasteiger partial charge is 0.287 e. The van der Waals surface area contributed by atoms with Gasteiger partial charge in [-0.2, -0.15) is 5.10 Å². The number of ketones is 1. The highest BCUT2D eigenvalue weighted by atomic mass is 35.5. The van der Waals surface area contributed by atoms with Crippen LogP contribution in [0.15, 0.2) is 58.6 Å². The molecular weight excluding hydrogens is 274 g/mol. The average Bonchev–Trinajstić information content (AvgIpc) is 2.76. The number of hydrogen-bond donors (Lipinski definition) is 1. The molecule has 0 unspecified atom stereocenters. The number of fused-ring (bicyclic) bond motifs is 1. The molecular formula is C15H10ClN3O. The van der Waals surface area contributed by atoms with Gasteiger partial charge in [0, 0.05) is 10.6 Å². The third kappa shape index (κ3) is 2.46. The number of anilines is 1. The molecule has 5 heteroatoms. The first-order valence-corrected chi connectivity index (χ1v) is 6.39. The third-order valence-corrected chi connectivity index (χ3v) is 3.06. The number of aliphatic imine (C=N–C) groups is 1. The molecule has 2 aromatic rings. The normalized spacial score (nSPS) is 13.4. The van der Waals surface area contributed by atoms with Crippen LogP contribution in [-0.2, 0) is 0 Å². The van der Waals surface area contributed by atoms with E-state index in [1.807, 2.05) is 24.3 Å². The quantitative estimate of drug-likeness (QED) is 0.690. The Labute approximate surface area is 120 Å². The van der Waals surface area contributed by atoms with Crippen LogP contribution in [0.1, 0.15) is 10.4 Å². The molecule has 0 amide bonds. The second-order valence-corrected chi connectivity index (χ2v) is 4.66. The molecule has 1 aliphatic heterocycles. The smallest absolute Gasteiger partial charge is 0.215 e. The lowest BCUT2D eigenvalue weighted by atomic mass is 10.1. The maximum atomic E-state index is 12.0. The lowest BCUT2D eigenvalue weighted by Gasteiger charge is -1.99. The highest BCUT2D eigenvalue weighted by Gasteiger charge is 2.22. The van der Waals surface area contributed by atoms with Gasteiger partial charge in [-0.15, -0.1) is 0 Å². The van der Waals surface area contributed by atoms with Gasteiger partial charge in [-0.1, -0.05) is 29.8 Å². The Morgan fingerprint density at radius 1 is 1.15 bits per heavy atom. The summed E-state index contributed by atoms with van der Waals surface area (Å²) in [5.41, 5.74) is 5.17. The van der Waals surface area contributed by atoms with Crippen LogP contribution in [0.5, 0.6) is 0 Å². The molecule has 0 radical (unpaired) electrons. The van der Waals surface area contributed by atoms with Crippen molar-refractivity contribution in [3.8, 4) is 0 Å². The molecule has 0 spiro atoms. The van der Waals surface area contributed by atoms with Gasteiger partial charge in [0.15, 0.2) is 0 Å². The van der Waals surface area contributed by atoms with Crippen molar-refractivity contribution in [1.82, 2.24) is 0 Å². The van der Waals surface area contributed by atoms with Gasteiger partial charge in [-0.3, -0.25) is 10.2 Å². The van der Waals surface area contributed by atoms with E-state index in [2.05, 4.69) is 15.5 Å². The lowest BCUT2D eigenvalue weighted by molar-refractivity contribution is 0.107. The second-order valence-electron chi connectivity index (χ2n) is 4.22. The number of nitrogens with zero attached hydrogens (tertiary/aromatic N) is 2. The predicted octanol–water partition coefficient (Wildman–Crippen LogP) is 3.71. The molecule has 0 saturated heterocycles. The third-order valence-electron chi connectivity index (χ3n) is 2.83. The number of Topliss-reactive ketones (excluding diaryl/α,β-unsaturated/α-hetero) is 1. The summed E-state index contributed by atoms with van der Waals surface area (Å²) >= 11 is 5.87. The lowest BCUT2D eigenvalue weighted by Crippen LogP contribution is -2.11. The fourth-order valence-electron chi connectivity index (χ4n) is 1.90. The molecule has 3 rings (SSSR count). The van der Waals surface area contributed by atoms with E-state index in [4.69, 9.17) is 11.6 Å². The first-order chi connectivity index (χ1) is 9.74. The van der Waals surface area contributed by atoms with Crippen LogP contribution in [0, 0.1) is 0 Å². The zero-order valence-corrected chi connectivity index (χ0v) is 11.1. The van der Waals surface area contributed by atoms with Gasteiger partial charge in [-0.25, -0.2) is 4.99 Å². The van der Waals surface area contributed by atoms with Gasteiger partial charge in [0.25, 0.3) is 0 Å². The minimum atomic E-state index is -0.114. The summed E-state index contributed by atoms with van der Waals surface area (Å²) in [6.45, 7) is 0. The summed E-state index contributed by atoms with van der Waals surface area (Å²) in [7, 11) is 0. The minimum Gasteiger partial charge on any atom is -0.287 e. The SMILES string of the molecule is O=C1C(/C=N/Nc2cccc(Cl)c2)=Nc2ccccc21. The summed E-state index contributed by atoms with van der Waals surface area (Å²) in [5, 5.41) is 4.63. The van der Waals surface area contributed by atoms with Crippen LogP contribution in [-0.4, -0.2) is 17.7 Å². The van der Waals surface area contributed by atoms with E-state index < -0.39 is 0 Å². The van der Waals surface area contributed by atoms with Gasteiger partial charge >= 0.3 is 0 Å². The monoisotopic (exact) mass is 283 g/mol. The van der Waals surface area contributed by atoms with Gasteiger partial charge in [-0.05, 0) is 30.3 Å². The maximum absolute atomic E-state index is 12.0. The Hall–Kier alpha value is -2.46. The van der Waals surface area contributed by atoms with Gasteiger partial charge in [0.2, 0.25) is 5.78 Å². The van der Waals surface area contributed by atoms with Crippen molar-refractivity contribution in [1.29, 1.82) is 0 Å². The van der Waals surface area contributed by atoms with E-state index in [-0.39, 0.29) is 5.78 Å². The van der Waals surface area contributed by atoms with Crippen LogP contribution in [0.4, 0.5) is 11.4 Å². The molecule has 1 heterocycles. The highest BCUT2D eigenvalue weighted by molar-refractivity contribution is 6.67. The molecule has 0 atom stereocenters. The summed E-state index contributed by atoms with van der Waals surface area (Å²) in [6, 6.07) is 14.4. The molecule has 0 aromatic heterocycles. The number of para-hydroxylation sites is 1. The molecule has 0 aliphatic carbocycles. The summed E-state index contributed by atoms with van der Waals surface area (Å²) in [6.07, 6.45) is 1.42. The molecule has 1 N–H and O–H groups in total. The molecule has 0 fully saturated rings. The number of hydrogen-bond acceptors (Lipinski definition) is 4. The number of carbonyl (C=O) groups excluding carboxylic acids is 1. The zero-order chi connectivity index (χ0) is 13.9. The van der Waals surface area contributed by atoms with Crippen molar-refractivity contribution in [3.63, 3.8) is 0 Å². The fourth-order valence-corrected chi connectivity index (χ4v) is 2.09. The number of halogens is 1. The molecule has 1 aliphatic rings. The molecule has 4 nitrogen and oxygen atoms in total. The van der Waals surface area contributed by atoms with Crippen molar-refractivity contribution in [2.45, 2.75) is 0 Å². The van der Waals surface area contributed by atoms with Crippen LogP contribution >= 0.6 is 11.6 Å². The topological polar surface area (TPSA) is 53.8 Å². The summed E-state index contributed by atoms with van der Waals surface area (Å²) in [5.74, 6) is -0.114. The zero-order valence-electron chi connectivity index (χ0n) is 10.4. The Kier molecular flexibility index (Phi) is 3.31. The van der Waals surface area contributed by atoms with Gasteiger partial charge in [0.05, 0.1) is 17.6 Å². The van der Waals surface area contributed by atoms with E-state index in [0.717, 1.165) is 5.69 Å². The number of rotatable bonds is 3. The number of nitrogens with one attached hydrogen (secondary N) is 1. The van der Waals surface area contributed by atoms with Crippen molar-refractivity contribution < 1.29 is 4.79 Å². The Balaban J connectivity index is 1.74. The Morgan fingerprint density at radius 3 is 2.80 bits per heavy atom. The molecule has 0 saturated carbocycles. The first-order valence-electron chi connectivity index (χ1n) is 6.01. The maximum Gasteiger partial charge on any atom is 0.215 e. The van der Waals surface area contributed by atoms with Crippen molar-refractivity contribution >= 4 is 40.7 Å². The van der Waals surface area contributed by atoms with Crippen LogP contribution in [0.3, 0.4) is 0 Å². The highest BCUT2D eigenvalue weighted by Crippen LogP contribution is 2.25. The van der Waals surface area contributed by atoms with Crippen molar-refractivity contribution in [2.75, 3.05) is 5.43 Å². The van der Waals surface area contributed by atoms with Crippen molar-refractivity contribution in [3.05, 3.63) is 59.1 Å². The minimum absolute atomic E-state index is 0.114. The molecule has 0 bridgehead atoms. The van der Waals surface area contributed by atoms with E-state index in [9.17, 15) is 4.79 Å². The van der Waals surface area contributed by atoms with E-state index in [1.54, 1.807) is 24.3 Å². The van der Waals surface area contributed by atoms with Crippen molar-refractivity contribution in [2.24, 2.45) is 10.1 Å². The van der Waals surface area contributed by atoms with E-state index >= 15 is 0 Å². The van der Waals surface area contributed by atoms with Crippen LogP contribution in [0.2, 0.25) is 5.02 Å².